The molecule has 23 heteroatoms. The Morgan fingerprint density at radius 2 is 1.07 bits per heavy atom. The summed E-state index contributed by atoms with van der Waals surface area (Å²) >= 11 is 17.9. The van der Waals surface area contributed by atoms with Crippen molar-refractivity contribution < 1.29 is 38.1 Å². The number of imidazole rings is 2. The summed E-state index contributed by atoms with van der Waals surface area (Å²) in [5.74, 6) is -0.250. The van der Waals surface area contributed by atoms with E-state index in [1.165, 1.54) is 14.2 Å². The molecular weight excluding hydrogens is 1150 g/mol. The van der Waals surface area contributed by atoms with Crippen LogP contribution in [0.25, 0.3) is 23.3 Å². The Hall–Kier alpha value is -7.01. The number of aryl methyl sites for hydroxylation is 2. The van der Waals surface area contributed by atoms with Crippen LogP contribution in [0, 0.1) is 0 Å². The summed E-state index contributed by atoms with van der Waals surface area (Å²) in [6.45, 7) is 12.3. The number of hydrogen-bond acceptors (Lipinski definition) is 15. The minimum Gasteiger partial charge on any atom is -0.447 e. The van der Waals surface area contributed by atoms with E-state index in [2.05, 4.69) is 54.1 Å². The van der Waals surface area contributed by atoms with Gasteiger partial charge in [0.05, 0.1) is 84.2 Å². The van der Waals surface area contributed by atoms with Gasteiger partial charge in [-0.25, -0.2) is 19.6 Å². The third kappa shape index (κ3) is 16.3. The molecule has 6 aromatic rings. The van der Waals surface area contributed by atoms with Crippen molar-refractivity contribution >= 4 is 81.4 Å². The zero-order valence-electron chi connectivity index (χ0n) is 47.9. The number of nitrogens with one attached hydrogen (secondary N) is 1. The number of carbonyl (C=O) groups is 4. The first-order chi connectivity index (χ1) is 39.9. The summed E-state index contributed by atoms with van der Waals surface area (Å²) in [6.07, 6.45) is 14.0. The number of benzene rings is 2. The number of methoxy groups -OCH3 is 2. The number of halogens is 3. The molecule has 0 bridgehead atoms. The average molecular weight is 1230 g/mol. The number of rotatable bonds is 13. The zero-order chi connectivity index (χ0) is 59.5. The van der Waals surface area contributed by atoms with Gasteiger partial charge in [-0.15, -0.1) is 0 Å². The summed E-state index contributed by atoms with van der Waals surface area (Å²) in [5, 5.41) is 3.92. The van der Waals surface area contributed by atoms with Gasteiger partial charge < -0.3 is 48.9 Å². The first-order valence-electron chi connectivity index (χ1n) is 27.3. The highest BCUT2D eigenvalue weighted by atomic mass is 35.5. The van der Waals surface area contributed by atoms with E-state index in [0.717, 1.165) is 67.3 Å². The summed E-state index contributed by atoms with van der Waals surface area (Å²) in [4.78, 5) is 74.2. The molecule has 0 saturated carbocycles. The maximum absolute atomic E-state index is 12.9. The lowest BCUT2D eigenvalue weighted by molar-refractivity contribution is -0.125. The van der Waals surface area contributed by atoms with E-state index >= 15 is 0 Å². The van der Waals surface area contributed by atoms with E-state index < -0.39 is 17.3 Å². The summed E-state index contributed by atoms with van der Waals surface area (Å²) in [5.41, 5.74) is 18.3. The fourth-order valence-corrected chi connectivity index (χ4v) is 11.2. The molecule has 0 spiro atoms. The lowest BCUT2D eigenvalue weighted by Gasteiger charge is -2.39. The van der Waals surface area contributed by atoms with Gasteiger partial charge in [0.1, 0.15) is 13.2 Å². The van der Waals surface area contributed by atoms with Crippen LogP contribution in [0.1, 0.15) is 123 Å². The molecule has 4 aromatic heterocycles. The fraction of sp³-hybridized carbons (Fsp3) is 0.419. The molecule has 4 aliphatic rings. The quantitative estimate of drug-likeness (QED) is 0.103. The van der Waals surface area contributed by atoms with Crippen molar-refractivity contribution in [2.75, 3.05) is 79.8 Å². The Labute approximate surface area is 513 Å². The van der Waals surface area contributed by atoms with E-state index in [1.54, 1.807) is 41.0 Å². The van der Waals surface area contributed by atoms with Gasteiger partial charge in [0.2, 0.25) is 11.1 Å². The summed E-state index contributed by atoms with van der Waals surface area (Å²) in [7, 11) is 6.75. The van der Waals surface area contributed by atoms with Crippen molar-refractivity contribution in [1.29, 1.82) is 0 Å². The number of aromatic nitrogens is 6. The molecule has 456 valence electrons. The Kier molecular flexibility index (Phi) is 24.4. The van der Waals surface area contributed by atoms with Gasteiger partial charge in [-0.3, -0.25) is 29.4 Å². The number of nitrogens with two attached hydrogens (primary N) is 1. The van der Waals surface area contributed by atoms with Gasteiger partial charge in [-0.1, -0.05) is 62.3 Å². The number of nitrogens with zero attached hydrogens (tertiary/aromatic N) is 10. The highest BCUT2D eigenvalue weighted by Gasteiger charge is 2.38. The Morgan fingerprint density at radius 3 is 1.47 bits per heavy atom. The number of ether oxygens (including phenoxy) is 4. The second-order valence-electron chi connectivity index (χ2n) is 20.9. The van der Waals surface area contributed by atoms with Crippen LogP contribution in [0.5, 0.6) is 0 Å². The summed E-state index contributed by atoms with van der Waals surface area (Å²) < 4.78 is 24.1. The maximum Gasteiger partial charge on any atom is 0.410 e. The van der Waals surface area contributed by atoms with Crippen molar-refractivity contribution in [3.05, 3.63) is 164 Å². The lowest BCUT2D eigenvalue weighted by Crippen LogP contribution is -2.50. The Bertz CT molecular complexity index is 3310. The number of carbonyl (C=O) groups excluding carboxylic acids is 4. The molecule has 2 fully saturated rings. The van der Waals surface area contributed by atoms with Crippen molar-refractivity contribution in [3.8, 4) is 0 Å². The van der Waals surface area contributed by atoms with E-state index in [-0.39, 0.29) is 70.5 Å². The molecule has 4 atom stereocenters. The molecular formula is C62H79Cl3N12O8. The van der Waals surface area contributed by atoms with Crippen molar-refractivity contribution in [3.63, 3.8) is 0 Å². The minimum atomic E-state index is -0.531. The van der Waals surface area contributed by atoms with Gasteiger partial charge >= 0.3 is 12.2 Å². The van der Waals surface area contributed by atoms with Gasteiger partial charge in [0.15, 0.2) is 0 Å². The summed E-state index contributed by atoms with van der Waals surface area (Å²) in [6, 6.07) is 18.6. The first-order valence-corrected chi connectivity index (χ1v) is 28.5. The highest BCUT2D eigenvalue weighted by molar-refractivity contribution is 6.63. The Balaban J connectivity index is 0.000000245. The molecule has 20 nitrogen and oxygen atoms in total. The van der Waals surface area contributed by atoms with Gasteiger partial charge in [-0.05, 0) is 132 Å². The Morgan fingerprint density at radius 1 is 0.635 bits per heavy atom. The number of piperazine rings is 2. The molecule has 2 aliphatic carbocycles. The number of hydrogen-bond donors (Lipinski definition) is 2. The normalized spacial score (nSPS) is 17.1. The van der Waals surface area contributed by atoms with Crippen LogP contribution in [-0.4, -0.2) is 164 Å². The zero-order valence-corrected chi connectivity index (χ0v) is 50.1. The molecule has 3 amide bonds. The van der Waals surface area contributed by atoms with Crippen LogP contribution in [0.3, 0.4) is 0 Å². The number of amides is 3. The van der Waals surface area contributed by atoms with Gasteiger partial charge in [0.25, 0.3) is 0 Å². The van der Waals surface area contributed by atoms with Gasteiger partial charge in [0, 0.05) is 103 Å². The van der Waals surface area contributed by atoms with Crippen molar-refractivity contribution in [2.45, 2.75) is 78.9 Å². The van der Waals surface area contributed by atoms with Crippen LogP contribution in [-0.2, 0) is 42.6 Å². The van der Waals surface area contributed by atoms with E-state index in [0.29, 0.717) is 62.4 Å². The molecule has 2 aliphatic heterocycles. The largest absolute Gasteiger partial charge is 0.447 e. The van der Waals surface area contributed by atoms with Crippen LogP contribution >= 0.6 is 34.8 Å². The van der Waals surface area contributed by atoms with Crippen molar-refractivity contribution in [2.24, 2.45) is 19.8 Å². The molecule has 0 unspecified atom stereocenters. The van der Waals surface area contributed by atoms with E-state index in [4.69, 9.17) is 64.7 Å². The molecule has 10 rings (SSSR count). The second-order valence-corrected chi connectivity index (χ2v) is 22.2. The van der Waals surface area contributed by atoms with E-state index in [1.807, 2.05) is 106 Å². The third-order valence-electron chi connectivity index (χ3n) is 14.5. The van der Waals surface area contributed by atoms with Crippen LogP contribution < -0.4 is 11.1 Å². The molecule has 2 saturated heterocycles. The van der Waals surface area contributed by atoms with Crippen LogP contribution in [0.2, 0.25) is 10.0 Å². The standard InChI is InChI=1S/C30H35ClN6O4.C27H31ClN6O2.C3H5ClO2.2CH4/c1-19(2)41-30(39)37-12-10-36(11-13-37)29-22-8-7-21(31)15-23(22)24(14-20-6-5-9-33-27(20)29)28(34-26(38)17-40-4)25-16-32-18-35(25)3;1-17(2)36-27(35)34-11-9-33(10-12-34)26-20-7-6-19(28)14-21(20)22(13-18-5-4-8-31-25(18)26)24(29)23-15-30-16-32(23)3;1-6-2-3(4)5;;/h5-9,14-16,18-19,28-29H,10-13,17H2,1-4H3,(H,34,38);4-8,13-17,24,26H,9-12,29H2,1-3H3;2H2,1H3;2*1H4/t28-,29+;24-,26+;;;/m11.../s1. The fourth-order valence-electron chi connectivity index (χ4n) is 10.7. The number of pyridine rings is 2. The van der Waals surface area contributed by atoms with Crippen LogP contribution in [0.15, 0.2) is 98.1 Å². The van der Waals surface area contributed by atoms with E-state index in [9.17, 15) is 19.2 Å². The van der Waals surface area contributed by atoms with Crippen LogP contribution in [0.4, 0.5) is 9.59 Å². The molecule has 6 heterocycles. The highest BCUT2D eigenvalue weighted by Crippen LogP contribution is 2.46. The number of fused-ring (bicyclic) bond motifs is 4. The third-order valence-corrected chi connectivity index (χ3v) is 15.1. The molecule has 3 N–H and O–H groups in total. The molecule has 85 heavy (non-hydrogen) atoms. The monoisotopic (exact) mass is 1220 g/mol. The maximum atomic E-state index is 12.9. The molecule has 2 aromatic carbocycles. The lowest BCUT2D eigenvalue weighted by atomic mass is 9.89. The minimum absolute atomic E-state index is 0. The average Bonchev–Trinajstić information content (AvgIpc) is 3.27. The predicted octanol–water partition coefficient (Wildman–Crippen LogP) is 10.0. The molecule has 0 radical (unpaired) electrons. The second kappa shape index (κ2) is 30.9. The first kappa shape index (κ1) is 67.1. The topological polar surface area (TPSA) is 218 Å². The van der Waals surface area contributed by atoms with Crippen molar-refractivity contribution in [1.82, 2.24) is 54.0 Å². The SMILES string of the molecule is C.C.CC(C)OC(=O)N1CCN([C@H]2c3ccc(Cl)cc3C([C@@H](N)c3cncn3C)=Cc3cccnc32)CC1.COCC(=O)Cl.COCC(=O)N[C@H](C1=Cc2cccnc2[C@@H](N2CCN(C(=O)OC(C)C)CC2)c2ccc(Cl)cc21)c1cncn1C. The smallest absolute Gasteiger partial charge is 0.410 e. The van der Waals surface area contributed by atoms with Gasteiger partial charge in [-0.2, -0.15) is 0 Å². The predicted molar refractivity (Wildman–Crippen MR) is 333 cm³/mol.